The number of hydrogen-bond donors (Lipinski definition) is 0. The van der Waals surface area contributed by atoms with Crippen molar-refractivity contribution in [1.29, 1.82) is 5.26 Å². The van der Waals surface area contributed by atoms with E-state index in [1.165, 1.54) is 0 Å². The third-order valence-corrected chi connectivity index (χ3v) is 2.08. The zero-order valence-electron chi connectivity index (χ0n) is 6.04. The van der Waals surface area contributed by atoms with Crippen molar-refractivity contribution >= 4 is 0 Å². The molecule has 1 aromatic heterocycles. The van der Waals surface area contributed by atoms with Gasteiger partial charge in [0.1, 0.15) is 0 Å². The smallest absolute Gasteiger partial charge is 0.0844 e. The number of rotatable bonds is 1. The van der Waals surface area contributed by atoms with Crippen molar-refractivity contribution in [3.63, 3.8) is 0 Å². The first-order chi connectivity index (χ1) is 5.37. The van der Waals surface area contributed by atoms with Crippen molar-refractivity contribution in [2.75, 3.05) is 0 Å². The maximum Gasteiger partial charge on any atom is 0.0844 e. The molecule has 1 aliphatic carbocycles. The topological polar surface area (TPSA) is 36.7 Å². The van der Waals surface area contributed by atoms with Crippen LogP contribution in [0.3, 0.4) is 0 Å². The molecule has 1 saturated carbocycles. The Labute approximate surface area is 65.5 Å². The maximum atomic E-state index is 8.81. The molecule has 0 aromatic carbocycles. The second-order valence-electron chi connectivity index (χ2n) is 2.85. The summed E-state index contributed by atoms with van der Waals surface area (Å²) in [6.07, 6.45) is 5.34. The lowest BCUT2D eigenvalue weighted by atomic mass is 10.0. The van der Waals surface area contributed by atoms with Crippen LogP contribution in [0.1, 0.15) is 18.4 Å². The lowest BCUT2D eigenvalue weighted by Gasteiger charge is -2.01. The van der Waals surface area contributed by atoms with Gasteiger partial charge in [0.2, 0.25) is 0 Å². The molecular weight excluding hydrogens is 136 g/mol. The summed E-state index contributed by atoms with van der Waals surface area (Å²) in [4.78, 5) is 3.96. The van der Waals surface area contributed by atoms with Gasteiger partial charge in [0, 0.05) is 12.4 Å². The van der Waals surface area contributed by atoms with Crippen LogP contribution in [0.2, 0.25) is 0 Å². The fourth-order valence-electron chi connectivity index (χ4n) is 1.15. The van der Waals surface area contributed by atoms with Crippen LogP contribution in [0, 0.1) is 17.4 Å². The first-order valence-electron chi connectivity index (χ1n) is 3.61. The van der Waals surface area contributed by atoms with Crippen LogP contribution in [-0.2, 0) is 5.41 Å². The second kappa shape index (κ2) is 2.06. The molecule has 0 saturated heterocycles. The molecule has 11 heavy (non-hydrogen) atoms. The van der Waals surface area contributed by atoms with Gasteiger partial charge in [-0.3, -0.25) is 4.98 Å². The van der Waals surface area contributed by atoms with Crippen LogP contribution in [0.4, 0.5) is 0 Å². The van der Waals surface area contributed by atoms with E-state index in [-0.39, 0.29) is 5.41 Å². The number of aromatic nitrogens is 1. The average molecular weight is 143 g/mol. The summed E-state index contributed by atoms with van der Waals surface area (Å²) in [6, 6.07) is 7.09. The lowest BCUT2D eigenvalue weighted by Crippen LogP contribution is -2.02. The van der Waals surface area contributed by atoms with Crippen LogP contribution in [-0.4, -0.2) is 4.98 Å². The van der Waals surface area contributed by atoms with E-state index < -0.39 is 0 Å². The van der Waals surface area contributed by atoms with Crippen molar-refractivity contribution in [3.05, 3.63) is 30.1 Å². The standard InChI is InChI=1S/C9H7N2/c10-7-9(3-4-9)8-2-1-5-11-6-8/h1,5-6H,3-4H2. The second-order valence-corrected chi connectivity index (χ2v) is 2.85. The minimum Gasteiger partial charge on any atom is -0.264 e. The molecule has 2 rings (SSSR count). The molecule has 1 fully saturated rings. The van der Waals surface area contributed by atoms with E-state index in [2.05, 4.69) is 17.1 Å². The van der Waals surface area contributed by atoms with Crippen LogP contribution in [0.5, 0.6) is 0 Å². The Morgan fingerprint density at radius 3 is 2.91 bits per heavy atom. The predicted octanol–water partition coefficient (Wildman–Crippen LogP) is 1.44. The van der Waals surface area contributed by atoms with E-state index in [1.54, 1.807) is 18.5 Å². The number of nitrogens with zero attached hydrogens (tertiary/aromatic N) is 2. The molecule has 2 nitrogen and oxygen atoms in total. The molecule has 0 atom stereocenters. The summed E-state index contributed by atoms with van der Waals surface area (Å²) in [5.41, 5.74) is 0.719. The molecule has 53 valence electrons. The van der Waals surface area contributed by atoms with Gasteiger partial charge >= 0.3 is 0 Å². The summed E-state index contributed by atoms with van der Waals surface area (Å²) >= 11 is 0. The highest BCUT2D eigenvalue weighted by atomic mass is 14.6. The van der Waals surface area contributed by atoms with E-state index in [9.17, 15) is 0 Å². The lowest BCUT2D eigenvalue weighted by molar-refractivity contribution is 0.894. The highest BCUT2D eigenvalue weighted by Gasteiger charge is 2.45. The van der Waals surface area contributed by atoms with Gasteiger partial charge in [0.15, 0.2) is 0 Å². The monoisotopic (exact) mass is 143 g/mol. The molecular formula is C9H7N2. The van der Waals surface area contributed by atoms with Gasteiger partial charge in [-0.1, -0.05) is 0 Å². The molecule has 0 amide bonds. The summed E-state index contributed by atoms with van der Waals surface area (Å²) < 4.78 is 0. The molecule has 1 aromatic rings. The Morgan fingerprint density at radius 2 is 2.45 bits per heavy atom. The minimum absolute atomic E-state index is 0.228. The molecule has 0 unspecified atom stereocenters. The number of hydrogen-bond acceptors (Lipinski definition) is 2. The van der Waals surface area contributed by atoms with Crippen LogP contribution in [0.15, 0.2) is 18.5 Å². The molecule has 1 aliphatic rings. The molecule has 0 bridgehead atoms. The minimum atomic E-state index is -0.228. The fraction of sp³-hybridized carbons (Fsp3) is 0.333. The quantitative estimate of drug-likeness (QED) is 0.596. The van der Waals surface area contributed by atoms with Gasteiger partial charge in [0.25, 0.3) is 0 Å². The van der Waals surface area contributed by atoms with Gasteiger partial charge in [-0.2, -0.15) is 5.26 Å². The summed E-state index contributed by atoms with van der Waals surface area (Å²) in [5.74, 6) is 0. The Bertz CT molecular complexity index is 293. The summed E-state index contributed by atoms with van der Waals surface area (Å²) in [7, 11) is 0. The molecule has 0 spiro atoms. The normalized spacial score (nSPS) is 18.8. The average Bonchev–Trinajstić information content (AvgIpc) is 2.86. The Kier molecular flexibility index (Phi) is 1.19. The molecule has 0 N–H and O–H groups in total. The van der Waals surface area contributed by atoms with Crippen molar-refractivity contribution in [1.82, 2.24) is 4.98 Å². The Balaban J connectivity index is 2.39. The van der Waals surface area contributed by atoms with Crippen LogP contribution < -0.4 is 0 Å². The molecule has 2 heteroatoms. The summed E-state index contributed by atoms with van der Waals surface area (Å²) in [5, 5.41) is 8.81. The van der Waals surface area contributed by atoms with E-state index in [4.69, 9.17) is 5.26 Å². The number of pyridine rings is 1. The third-order valence-electron chi connectivity index (χ3n) is 2.08. The van der Waals surface area contributed by atoms with Gasteiger partial charge in [0.05, 0.1) is 11.5 Å². The SMILES string of the molecule is N#CC1(c2[c]ccnc2)CC1. The van der Waals surface area contributed by atoms with Gasteiger partial charge < -0.3 is 0 Å². The van der Waals surface area contributed by atoms with Gasteiger partial charge in [-0.25, -0.2) is 0 Å². The first-order valence-corrected chi connectivity index (χ1v) is 3.61. The first kappa shape index (κ1) is 6.36. The van der Waals surface area contributed by atoms with Crippen molar-refractivity contribution in [3.8, 4) is 6.07 Å². The Morgan fingerprint density at radius 1 is 1.64 bits per heavy atom. The van der Waals surface area contributed by atoms with Gasteiger partial charge in [-0.15, -0.1) is 0 Å². The van der Waals surface area contributed by atoms with Crippen LogP contribution in [0.25, 0.3) is 0 Å². The van der Waals surface area contributed by atoms with E-state index >= 15 is 0 Å². The van der Waals surface area contributed by atoms with Crippen molar-refractivity contribution in [2.24, 2.45) is 0 Å². The van der Waals surface area contributed by atoms with E-state index in [0.29, 0.717) is 0 Å². The highest BCUT2D eigenvalue weighted by Crippen LogP contribution is 2.46. The molecule has 1 heterocycles. The van der Waals surface area contributed by atoms with E-state index in [0.717, 1.165) is 18.4 Å². The largest absolute Gasteiger partial charge is 0.264 e. The number of nitriles is 1. The van der Waals surface area contributed by atoms with Crippen LogP contribution >= 0.6 is 0 Å². The maximum absolute atomic E-state index is 8.81. The van der Waals surface area contributed by atoms with Crippen molar-refractivity contribution < 1.29 is 0 Å². The van der Waals surface area contributed by atoms with E-state index in [1.807, 2.05) is 0 Å². The zero-order chi connectivity index (χ0) is 7.73. The Hall–Kier alpha value is -1.36. The highest BCUT2D eigenvalue weighted by molar-refractivity contribution is 5.35. The van der Waals surface area contributed by atoms with Crippen molar-refractivity contribution in [2.45, 2.75) is 18.3 Å². The molecule has 0 aliphatic heterocycles. The van der Waals surface area contributed by atoms with Gasteiger partial charge in [-0.05, 0) is 30.5 Å². The fourth-order valence-corrected chi connectivity index (χ4v) is 1.15. The summed E-state index contributed by atoms with van der Waals surface area (Å²) in [6.45, 7) is 0. The zero-order valence-corrected chi connectivity index (χ0v) is 6.04. The predicted molar refractivity (Wildman–Crippen MR) is 39.6 cm³/mol. The third kappa shape index (κ3) is 0.894. The molecule has 1 radical (unpaired) electrons.